The molecule has 0 aliphatic heterocycles. The van der Waals surface area contributed by atoms with Crippen LogP contribution in [-0.2, 0) is 21.2 Å². The summed E-state index contributed by atoms with van der Waals surface area (Å²) < 4.78 is 51.7. The molecular weight excluding hydrogens is 338 g/mol. The van der Waals surface area contributed by atoms with Gasteiger partial charge in [0.05, 0.1) is 12.3 Å². The Morgan fingerprint density at radius 2 is 1.71 bits per heavy atom. The monoisotopic (exact) mass is 354 g/mol. The fourth-order valence-corrected chi connectivity index (χ4v) is 2.92. The van der Waals surface area contributed by atoms with E-state index in [4.69, 9.17) is 0 Å². The Kier molecular flexibility index (Phi) is 5.99. The van der Waals surface area contributed by atoms with E-state index in [1.165, 1.54) is 6.07 Å². The second kappa shape index (κ2) is 7.98. The first-order valence-electron chi connectivity index (χ1n) is 7.12. The topological polar surface area (TPSA) is 75.3 Å². The number of carbonyl (C=O) groups is 1. The summed E-state index contributed by atoms with van der Waals surface area (Å²) >= 11 is 0. The van der Waals surface area contributed by atoms with Gasteiger partial charge in [0.25, 0.3) is 0 Å². The van der Waals surface area contributed by atoms with Crippen LogP contribution >= 0.6 is 0 Å². The molecule has 0 bridgehead atoms. The lowest BCUT2D eigenvalue weighted by Crippen LogP contribution is -2.34. The summed E-state index contributed by atoms with van der Waals surface area (Å²) in [6.07, 6.45) is 0.320. The predicted octanol–water partition coefficient (Wildman–Crippen LogP) is 2.07. The van der Waals surface area contributed by atoms with Crippen LogP contribution in [-0.4, -0.2) is 26.6 Å². The third-order valence-corrected chi connectivity index (χ3v) is 4.48. The van der Waals surface area contributed by atoms with Crippen LogP contribution in [0.15, 0.2) is 48.5 Å². The first-order valence-corrected chi connectivity index (χ1v) is 8.77. The highest BCUT2D eigenvalue weighted by molar-refractivity contribution is 7.89. The molecule has 0 aliphatic rings. The van der Waals surface area contributed by atoms with Gasteiger partial charge < -0.3 is 5.32 Å². The molecule has 128 valence electrons. The molecule has 0 saturated carbocycles. The van der Waals surface area contributed by atoms with Gasteiger partial charge >= 0.3 is 0 Å². The van der Waals surface area contributed by atoms with E-state index in [-0.39, 0.29) is 11.4 Å². The van der Waals surface area contributed by atoms with Crippen LogP contribution in [0.25, 0.3) is 0 Å². The number of benzene rings is 2. The maximum absolute atomic E-state index is 13.0. The van der Waals surface area contributed by atoms with Crippen LogP contribution in [0, 0.1) is 11.6 Å². The van der Waals surface area contributed by atoms with E-state index < -0.39 is 34.1 Å². The normalized spacial score (nSPS) is 11.2. The van der Waals surface area contributed by atoms with E-state index >= 15 is 0 Å². The van der Waals surface area contributed by atoms with Crippen molar-refractivity contribution in [3.63, 3.8) is 0 Å². The molecule has 0 heterocycles. The molecule has 0 spiro atoms. The third kappa shape index (κ3) is 5.71. The number of halogens is 2. The van der Waals surface area contributed by atoms with Crippen LogP contribution in [0.4, 0.5) is 14.5 Å². The molecule has 0 saturated heterocycles. The number of carbonyl (C=O) groups excluding carboxylic acids is 1. The summed E-state index contributed by atoms with van der Waals surface area (Å²) in [4.78, 5) is 11.7. The molecule has 0 atom stereocenters. The van der Waals surface area contributed by atoms with Crippen LogP contribution in [0.2, 0.25) is 0 Å². The zero-order valence-corrected chi connectivity index (χ0v) is 13.4. The van der Waals surface area contributed by atoms with Gasteiger partial charge in [0.15, 0.2) is 11.6 Å². The number of hydrogen-bond donors (Lipinski definition) is 2. The lowest BCUT2D eigenvalue weighted by atomic mass is 10.2. The van der Waals surface area contributed by atoms with E-state index in [0.717, 1.165) is 17.7 Å². The van der Waals surface area contributed by atoms with Gasteiger partial charge in [-0.05, 0) is 24.1 Å². The Morgan fingerprint density at radius 1 is 1.00 bits per heavy atom. The number of aryl methyl sites for hydroxylation is 1. The highest BCUT2D eigenvalue weighted by atomic mass is 32.2. The van der Waals surface area contributed by atoms with Crippen molar-refractivity contribution >= 4 is 21.6 Å². The van der Waals surface area contributed by atoms with Gasteiger partial charge in [-0.25, -0.2) is 21.9 Å². The van der Waals surface area contributed by atoms with Crippen molar-refractivity contribution in [2.45, 2.75) is 6.42 Å². The summed E-state index contributed by atoms with van der Waals surface area (Å²) in [5, 5.41) is 2.28. The number of sulfonamides is 1. The average molecular weight is 354 g/mol. The first-order chi connectivity index (χ1) is 11.4. The molecule has 8 heteroatoms. The molecule has 0 unspecified atom stereocenters. The SMILES string of the molecule is O=C(CNS(=O)(=O)CCc1ccccc1)Nc1ccc(F)c(F)c1. The Morgan fingerprint density at radius 3 is 2.38 bits per heavy atom. The molecule has 2 aromatic rings. The Balaban J connectivity index is 1.82. The summed E-state index contributed by atoms with van der Waals surface area (Å²) in [5.41, 5.74) is 0.913. The van der Waals surface area contributed by atoms with E-state index in [2.05, 4.69) is 10.0 Å². The van der Waals surface area contributed by atoms with E-state index in [1.807, 2.05) is 30.3 Å². The molecule has 0 fully saturated rings. The van der Waals surface area contributed by atoms with Crippen molar-refractivity contribution in [3.05, 3.63) is 65.7 Å². The van der Waals surface area contributed by atoms with Crippen molar-refractivity contribution in [2.24, 2.45) is 0 Å². The number of hydrogen-bond acceptors (Lipinski definition) is 3. The quantitative estimate of drug-likeness (QED) is 0.799. The maximum atomic E-state index is 13.0. The average Bonchev–Trinajstić information content (AvgIpc) is 2.56. The molecule has 24 heavy (non-hydrogen) atoms. The van der Waals surface area contributed by atoms with E-state index in [9.17, 15) is 22.0 Å². The molecule has 0 aromatic heterocycles. The van der Waals surface area contributed by atoms with Crippen LogP contribution in [0.1, 0.15) is 5.56 Å². The van der Waals surface area contributed by atoms with Crippen LogP contribution in [0.5, 0.6) is 0 Å². The standard InChI is InChI=1S/C16H16F2N2O3S/c17-14-7-6-13(10-15(14)18)20-16(21)11-19-24(22,23)9-8-12-4-2-1-3-5-12/h1-7,10,19H,8-9,11H2,(H,20,21). The first kappa shape index (κ1) is 18.0. The lowest BCUT2D eigenvalue weighted by Gasteiger charge is -2.08. The van der Waals surface area contributed by atoms with Gasteiger partial charge in [0.2, 0.25) is 15.9 Å². The zero-order chi connectivity index (χ0) is 17.6. The molecule has 0 radical (unpaired) electrons. The minimum Gasteiger partial charge on any atom is -0.325 e. The molecule has 0 aliphatic carbocycles. The molecule has 2 aromatic carbocycles. The number of anilines is 1. The van der Waals surface area contributed by atoms with Gasteiger partial charge in [-0.3, -0.25) is 4.79 Å². The smallest absolute Gasteiger partial charge is 0.239 e. The zero-order valence-electron chi connectivity index (χ0n) is 12.6. The van der Waals surface area contributed by atoms with Crippen molar-refractivity contribution in [2.75, 3.05) is 17.6 Å². The Labute approximate surface area is 138 Å². The van der Waals surface area contributed by atoms with Crippen molar-refractivity contribution in [3.8, 4) is 0 Å². The summed E-state index contributed by atoms with van der Waals surface area (Å²) in [7, 11) is -3.63. The molecule has 2 N–H and O–H groups in total. The van der Waals surface area contributed by atoms with Gasteiger partial charge in [-0.15, -0.1) is 0 Å². The minimum atomic E-state index is -3.63. The van der Waals surface area contributed by atoms with Crippen molar-refractivity contribution in [1.82, 2.24) is 4.72 Å². The Hall–Kier alpha value is -2.32. The molecule has 5 nitrogen and oxygen atoms in total. The molecular formula is C16H16F2N2O3S. The third-order valence-electron chi connectivity index (χ3n) is 3.16. The second-order valence-electron chi connectivity index (χ2n) is 5.05. The van der Waals surface area contributed by atoms with Crippen molar-refractivity contribution in [1.29, 1.82) is 0 Å². The van der Waals surface area contributed by atoms with Crippen LogP contribution < -0.4 is 10.0 Å². The van der Waals surface area contributed by atoms with Crippen molar-refractivity contribution < 1.29 is 22.0 Å². The van der Waals surface area contributed by atoms with Gasteiger partial charge in [0.1, 0.15) is 0 Å². The summed E-state index contributed by atoms with van der Waals surface area (Å²) in [5.74, 6) is -2.97. The van der Waals surface area contributed by atoms with E-state index in [1.54, 1.807) is 0 Å². The number of rotatable bonds is 7. The Bertz CT molecular complexity index is 811. The van der Waals surface area contributed by atoms with Gasteiger partial charge in [-0.1, -0.05) is 30.3 Å². The number of amides is 1. The fraction of sp³-hybridized carbons (Fsp3) is 0.188. The number of nitrogens with one attached hydrogen (secondary N) is 2. The molecule has 1 amide bonds. The highest BCUT2D eigenvalue weighted by Gasteiger charge is 2.13. The van der Waals surface area contributed by atoms with Crippen LogP contribution in [0.3, 0.4) is 0 Å². The molecule has 2 rings (SSSR count). The second-order valence-corrected chi connectivity index (χ2v) is 6.98. The van der Waals surface area contributed by atoms with Gasteiger partial charge in [0, 0.05) is 11.8 Å². The summed E-state index contributed by atoms with van der Waals surface area (Å²) in [6.45, 7) is -0.490. The maximum Gasteiger partial charge on any atom is 0.239 e. The predicted molar refractivity (Wildman–Crippen MR) is 86.9 cm³/mol. The fourth-order valence-electron chi connectivity index (χ4n) is 1.92. The lowest BCUT2D eigenvalue weighted by molar-refractivity contribution is -0.115. The van der Waals surface area contributed by atoms with E-state index in [0.29, 0.717) is 6.42 Å². The minimum absolute atomic E-state index is 0.0439. The highest BCUT2D eigenvalue weighted by Crippen LogP contribution is 2.12. The van der Waals surface area contributed by atoms with Gasteiger partial charge in [-0.2, -0.15) is 0 Å². The summed E-state index contributed by atoms with van der Waals surface area (Å²) in [6, 6.07) is 11.9. The largest absolute Gasteiger partial charge is 0.325 e.